The van der Waals surface area contributed by atoms with Crippen molar-refractivity contribution in [2.24, 2.45) is 5.84 Å². The van der Waals surface area contributed by atoms with E-state index < -0.39 is 0 Å². The number of rotatable bonds is 5. The quantitative estimate of drug-likeness (QED) is 0.635. The second kappa shape index (κ2) is 6.45. The van der Waals surface area contributed by atoms with Gasteiger partial charge in [0.2, 0.25) is 0 Å². The molecule has 4 heteroatoms. The van der Waals surface area contributed by atoms with Crippen molar-refractivity contribution in [3.63, 3.8) is 0 Å². The predicted molar refractivity (Wildman–Crippen MR) is 77.8 cm³/mol. The van der Waals surface area contributed by atoms with Crippen molar-refractivity contribution >= 4 is 11.8 Å². The first-order chi connectivity index (χ1) is 8.70. The van der Waals surface area contributed by atoms with Gasteiger partial charge in [-0.05, 0) is 50.1 Å². The summed E-state index contributed by atoms with van der Waals surface area (Å²) in [7, 11) is 0. The van der Waals surface area contributed by atoms with E-state index in [1.54, 1.807) is 0 Å². The first-order valence-corrected chi connectivity index (χ1v) is 7.60. The number of nitrogens with one attached hydrogen (secondary N) is 1. The van der Waals surface area contributed by atoms with Crippen molar-refractivity contribution in [1.29, 1.82) is 0 Å². The highest BCUT2D eigenvalue weighted by Gasteiger charge is 2.26. The third-order valence-corrected chi connectivity index (χ3v) is 4.57. The van der Waals surface area contributed by atoms with E-state index in [-0.39, 0.29) is 12.1 Å². The topological polar surface area (TPSA) is 47.3 Å². The fourth-order valence-corrected chi connectivity index (χ4v) is 3.73. The predicted octanol–water partition coefficient (Wildman–Crippen LogP) is 2.87. The first kappa shape index (κ1) is 13.7. The van der Waals surface area contributed by atoms with Crippen LogP contribution >= 0.6 is 11.8 Å². The first-order valence-electron chi connectivity index (χ1n) is 6.55. The van der Waals surface area contributed by atoms with E-state index in [9.17, 15) is 0 Å². The van der Waals surface area contributed by atoms with Gasteiger partial charge in [-0.25, -0.2) is 0 Å². The van der Waals surface area contributed by atoms with E-state index in [0.29, 0.717) is 5.25 Å². The molecule has 100 valence electrons. The van der Waals surface area contributed by atoms with E-state index in [0.717, 1.165) is 5.75 Å². The van der Waals surface area contributed by atoms with Gasteiger partial charge in [0.1, 0.15) is 5.75 Å². The Morgan fingerprint density at radius 3 is 2.89 bits per heavy atom. The molecule has 1 aliphatic rings. The maximum Gasteiger partial charge on any atom is 0.120 e. The highest BCUT2D eigenvalue weighted by atomic mass is 32.2. The molecule has 0 saturated carbocycles. The number of hydrazine groups is 1. The highest BCUT2D eigenvalue weighted by molar-refractivity contribution is 8.00. The van der Waals surface area contributed by atoms with E-state index >= 15 is 0 Å². The number of benzene rings is 1. The van der Waals surface area contributed by atoms with Crippen molar-refractivity contribution in [2.45, 2.75) is 44.1 Å². The zero-order chi connectivity index (χ0) is 13.0. The average molecular weight is 266 g/mol. The van der Waals surface area contributed by atoms with Crippen molar-refractivity contribution in [1.82, 2.24) is 5.43 Å². The number of nitrogens with two attached hydrogens (primary N) is 1. The van der Waals surface area contributed by atoms with Gasteiger partial charge in [0.15, 0.2) is 0 Å². The normalized spacial score (nSPS) is 21.2. The molecular weight excluding hydrogens is 244 g/mol. The molecule has 1 heterocycles. The second-order valence-electron chi connectivity index (χ2n) is 4.93. The van der Waals surface area contributed by atoms with Crippen molar-refractivity contribution in [2.75, 3.05) is 5.75 Å². The van der Waals surface area contributed by atoms with Crippen molar-refractivity contribution in [3.05, 3.63) is 29.8 Å². The Morgan fingerprint density at radius 1 is 1.44 bits per heavy atom. The monoisotopic (exact) mass is 266 g/mol. The molecule has 2 atom stereocenters. The zero-order valence-corrected chi connectivity index (χ0v) is 11.9. The van der Waals surface area contributed by atoms with Crippen LogP contribution < -0.4 is 16.0 Å². The van der Waals surface area contributed by atoms with Crippen LogP contribution in [0.3, 0.4) is 0 Å². The average Bonchev–Trinajstić information content (AvgIpc) is 2.83. The minimum absolute atomic E-state index is 0.199. The van der Waals surface area contributed by atoms with E-state index in [4.69, 9.17) is 10.6 Å². The minimum Gasteiger partial charge on any atom is -0.491 e. The molecule has 0 aromatic heterocycles. The maximum absolute atomic E-state index is 5.74. The Kier molecular flexibility index (Phi) is 4.92. The molecule has 1 aliphatic heterocycles. The Bertz CT molecular complexity index is 378. The number of hydrogen-bond acceptors (Lipinski definition) is 4. The van der Waals surface area contributed by atoms with Crippen LogP contribution in [0.1, 0.15) is 38.3 Å². The Hall–Kier alpha value is -0.710. The lowest BCUT2D eigenvalue weighted by molar-refractivity contribution is 0.242. The lowest BCUT2D eigenvalue weighted by Gasteiger charge is -2.23. The summed E-state index contributed by atoms with van der Waals surface area (Å²) in [6.45, 7) is 4.08. The van der Waals surface area contributed by atoms with Gasteiger partial charge in [0, 0.05) is 5.25 Å². The van der Waals surface area contributed by atoms with E-state index in [1.807, 2.05) is 37.7 Å². The fourth-order valence-electron chi connectivity index (χ4n) is 2.34. The molecule has 0 radical (unpaired) electrons. The van der Waals surface area contributed by atoms with Gasteiger partial charge in [-0.15, -0.1) is 0 Å². The smallest absolute Gasteiger partial charge is 0.120 e. The van der Waals surface area contributed by atoms with Crippen LogP contribution in [0.15, 0.2) is 24.3 Å². The fraction of sp³-hybridized carbons (Fsp3) is 0.571. The van der Waals surface area contributed by atoms with Gasteiger partial charge in [0.05, 0.1) is 12.1 Å². The lowest BCUT2D eigenvalue weighted by Crippen LogP contribution is -2.34. The van der Waals surface area contributed by atoms with Gasteiger partial charge in [0.25, 0.3) is 0 Å². The van der Waals surface area contributed by atoms with Gasteiger partial charge < -0.3 is 4.74 Å². The van der Waals surface area contributed by atoms with E-state index in [1.165, 1.54) is 24.2 Å². The third kappa shape index (κ3) is 3.40. The molecule has 2 rings (SSSR count). The van der Waals surface area contributed by atoms with Crippen LogP contribution in [0, 0.1) is 0 Å². The molecule has 18 heavy (non-hydrogen) atoms. The SMILES string of the molecule is CC(C)Oc1cccc(C(NN)C2CCCS2)c1. The molecule has 1 aromatic carbocycles. The Labute approximate surface area is 113 Å². The van der Waals surface area contributed by atoms with E-state index in [2.05, 4.69) is 17.6 Å². The molecule has 0 aliphatic carbocycles. The molecule has 3 nitrogen and oxygen atoms in total. The van der Waals surface area contributed by atoms with Gasteiger partial charge in [-0.1, -0.05) is 12.1 Å². The number of ether oxygens (including phenoxy) is 1. The van der Waals surface area contributed by atoms with Crippen LogP contribution in [-0.2, 0) is 0 Å². The third-order valence-electron chi connectivity index (χ3n) is 3.11. The van der Waals surface area contributed by atoms with Gasteiger partial charge in [-0.2, -0.15) is 11.8 Å². The summed E-state index contributed by atoms with van der Waals surface area (Å²) in [6, 6.07) is 8.48. The summed E-state index contributed by atoms with van der Waals surface area (Å²) in [5, 5.41) is 0.573. The second-order valence-corrected chi connectivity index (χ2v) is 6.28. The molecule has 3 N–H and O–H groups in total. The largest absolute Gasteiger partial charge is 0.491 e. The molecular formula is C14H22N2OS. The molecule has 2 unspecified atom stereocenters. The Balaban J connectivity index is 2.14. The van der Waals surface area contributed by atoms with Crippen LogP contribution in [0.2, 0.25) is 0 Å². The molecule has 0 spiro atoms. The Morgan fingerprint density at radius 2 is 2.28 bits per heavy atom. The summed E-state index contributed by atoms with van der Waals surface area (Å²) in [6.07, 6.45) is 2.72. The van der Waals surface area contributed by atoms with Crippen LogP contribution in [0.4, 0.5) is 0 Å². The molecule has 1 aromatic rings. The van der Waals surface area contributed by atoms with Crippen molar-refractivity contribution in [3.8, 4) is 5.75 Å². The van der Waals surface area contributed by atoms with Gasteiger partial charge in [-0.3, -0.25) is 11.3 Å². The summed E-state index contributed by atoms with van der Waals surface area (Å²) < 4.78 is 5.74. The zero-order valence-electron chi connectivity index (χ0n) is 11.1. The minimum atomic E-state index is 0.199. The molecule has 0 amide bonds. The molecule has 1 saturated heterocycles. The molecule has 1 fully saturated rings. The standard InChI is InChI=1S/C14H22N2OS/c1-10(2)17-12-6-3-5-11(9-12)14(16-15)13-7-4-8-18-13/h3,5-6,9-10,13-14,16H,4,7-8,15H2,1-2H3. The van der Waals surface area contributed by atoms with Crippen LogP contribution in [0.5, 0.6) is 5.75 Å². The summed E-state index contributed by atoms with van der Waals surface area (Å²) >= 11 is 2.01. The van der Waals surface area contributed by atoms with Crippen LogP contribution in [0.25, 0.3) is 0 Å². The summed E-state index contributed by atoms with van der Waals surface area (Å²) in [5.41, 5.74) is 4.18. The van der Waals surface area contributed by atoms with Crippen molar-refractivity contribution < 1.29 is 4.74 Å². The summed E-state index contributed by atoms with van der Waals surface area (Å²) in [4.78, 5) is 0. The molecule has 0 bridgehead atoms. The van der Waals surface area contributed by atoms with Crippen LogP contribution in [-0.4, -0.2) is 17.1 Å². The highest BCUT2D eigenvalue weighted by Crippen LogP contribution is 2.36. The lowest BCUT2D eigenvalue weighted by atomic mass is 10.0. The number of hydrogen-bond donors (Lipinski definition) is 2. The number of thioether (sulfide) groups is 1. The summed E-state index contributed by atoms with van der Waals surface area (Å²) in [5.74, 6) is 7.89. The van der Waals surface area contributed by atoms with Gasteiger partial charge >= 0.3 is 0 Å². The maximum atomic E-state index is 5.74.